The molecule has 2 aromatic rings. The van der Waals surface area contributed by atoms with Gasteiger partial charge in [0.15, 0.2) is 9.84 Å². The van der Waals surface area contributed by atoms with Crippen molar-refractivity contribution in [3.63, 3.8) is 0 Å². The molecule has 1 aromatic carbocycles. The van der Waals surface area contributed by atoms with E-state index in [0.717, 1.165) is 11.4 Å². The lowest BCUT2D eigenvalue weighted by molar-refractivity contribution is 0.593. The predicted octanol–water partition coefficient (Wildman–Crippen LogP) is 2.62. The van der Waals surface area contributed by atoms with Gasteiger partial charge in [0.1, 0.15) is 10.8 Å². The van der Waals surface area contributed by atoms with Gasteiger partial charge >= 0.3 is 0 Å². The van der Waals surface area contributed by atoms with Gasteiger partial charge in [0.25, 0.3) is 0 Å². The molecule has 0 radical (unpaired) electrons. The minimum absolute atomic E-state index is 0.0383. The molecular weight excluding hydrogens is 292 g/mol. The molecule has 1 aromatic heterocycles. The molecule has 0 saturated carbocycles. The van der Waals surface area contributed by atoms with Gasteiger partial charge in [-0.2, -0.15) is 0 Å². The Kier molecular flexibility index (Phi) is 4.91. The first-order valence-corrected chi connectivity index (χ1v) is 8.89. The lowest BCUT2D eigenvalue weighted by atomic mass is 10.4. The summed E-state index contributed by atoms with van der Waals surface area (Å²) in [6.45, 7) is 4.87. The maximum Gasteiger partial charge on any atom is 0.184 e. The van der Waals surface area contributed by atoms with Crippen LogP contribution in [0.4, 0.5) is 0 Å². The van der Waals surface area contributed by atoms with Gasteiger partial charge < -0.3 is 5.32 Å². The number of hydrogen-bond acceptors (Lipinski definition) is 5. The molecule has 2 rings (SSSR count). The summed E-state index contributed by atoms with van der Waals surface area (Å²) in [6.07, 6.45) is 1.75. The Morgan fingerprint density at radius 2 is 1.95 bits per heavy atom. The summed E-state index contributed by atoms with van der Waals surface area (Å²) in [7, 11) is -3.30. The Labute approximate surface area is 123 Å². The fraction of sp³-hybridized carbons (Fsp3) is 0.357. The van der Waals surface area contributed by atoms with Crippen molar-refractivity contribution in [1.82, 2.24) is 10.3 Å². The van der Waals surface area contributed by atoms with Gasteiger partial charge in [0.05, 0.1) is 4.90 Å². The normalized spacial score (nSPS) is 11.9. The summed E-state index contributed by atoms with van der Waals surface area (Å²) in [4.78, 5) is 5.60. The predicted molar refractivity (Wildman–Crippen MR) is 81.4 cm³/mol. The van der Waals surface area contributed by atoms with Gasteiger partial charge in [-0.05, 0) is 12.1 Å². The van der Waals surface area contributed by atoms with E-state index in [1.807, 2.05) is 0 Å². The fourth-order valence-corrected chi connectivity index (χ4v) is 4.18. The first kappa shape index (κ1) is 15.2. The van der Waals surface area contributed by atoms with Crippen LogP contribution in [0.1, 0.15) is 23.7 Å². The topological polar surface area (TPSA) is 59.1 Å². The van der Waals surface area contributed by atoms with Crippen molar-refractivity contribution in [1.29, 1.82) is 0 Å². The van der Waals surface area contributed by atoms with Gasteiger partial charge in [-0.1, -0.05) is 32.0 Å². The van der Waals surface area contributed by atoms with E-state index >= 15 is 0 Å². The molecule has 108 valence electrons. The molecule has 0 aliphatic rings. The summed E-state index contributed by atoms with van der Waals surface area (Å²) in [6, 6.07) is 8.89. The highest BCUT2D eigenvalue weighted by Crippen LogP contribution is 2.20. The Balaban J connectivity index is 2.07. The van der Waals surface area contributed by atoms with Gasteiger partial charge in [0.2, 0.25) is 0 Å². The SMILES string of the molecule is CC(C)NCc1cnc(CS(=O)(=O)c2ccccc2)s1. The van der Waals surface area contributed by atoms with Gasteiger partial charge in [0, 0.05) is 23.7 Å². The average molecular weight is 310 g/mol. The zero-order valence-corrected chi connectivity index (χ0v) is 13.2. The minimum Gasteiger partial charge on any atom is -0.310 e. The summed E-state index contributed by atoms with van der Waals surface area (Å²) in [5.74, 6) is -0.0383. The molecule has 1 N–H and O–H groups in total. The standard InChI is InChI=1S/C14H18N2O2S2/c1-11(2)15-8-12-9-16-14(19-12)10-20(17,18)13-6-4-3-5-7-13/h3-7,9,11,15H,8,10H2,1-2H3. The maximum atomic E-state index is 12.2. The van der Waals surface area contributed by atoms with E-state index in [2.05, 4.69) is 24.1 Å². The third-order valence-corrected chi connectivity index (χ3v) is 5.53. The Morgan fingerprint density at radius 3 is 2.60 bits per heavy atom. The second-order valence-corrected chi connectivity index (χ2v) is 8.02. The fourth-order valence-electron chi connectivity index (χ4n) is 1.67. The lowest BCUT2D eigenvalue weighted by Crippen LogP contribution is -2.21. The summed E-state index contributed by atoms with van der Waals surface area (Å²) >= 11 is 1.44. The highest BCUT2D eigenvalue weighted by molar-refractivity contribution is 7.90. The van der Waals surface area contributed by atoms with E-state index in [1.54, 1.807) is 36.5 Å². The van der Waals surface area contributed by atoms with Crippen molar-refractivity contribution in [3.8, 4) is 0 Å². The van der Waals surface area contributed by atoms with Crippen LogP contribution in [0.5, 0.6) is 0 Å². The van der Waals surface area contributed by atoms with E-state index in [0.29, 0.717) is 15.9 Å². The summed E-state index contributed by atoms with van der Waals surface area (Å²) in [5, 5.41) is 3.92. The van der Waals surface area contributed by atoms with Crippen molar-refractivity contribution in [2.75, 3.05) is 0 Å². The van der Waals surface area contributed by atoms with Crippen molar-refractivity contribution in [3.05, 3.63) is 46.4 Å². The molecule has 0 fully saturated rings. The van der Waals surface area contributed by atoms with Crippen LogP contribution in [-0.4, -0.2) is 19.4 Å². The second kappa shape index (κ2) is 6.47. The zero-order valence-electron chi connectivity index (χ0n) is 11.5. The third kappa shape index (κ3) is 4.13. The molecule has 0 saturated heterocycles. The minimum atomic E-state index is -3.30. The number of nitrogens with zero attached hydrogens (tertiary/aromatic N) is 1. The molecule has 0 unspecified atom stereocenters. The first-order chi connectivity index (χ1) is 9.47. The quantitative estimate of drug-likeness (QED) is 0.891. The van der Waals surface area contributed by atoms with Gasteiger partial charge in [-0.3, -0.25) is 0 Å². The summed E-state index contributed by atoms with van der Waals surface area (Å²) < 4.78 is 24.5. The number of benzene rings is 1. The Bertz CT molecular complexity index is 649. The van der Waals surface area contributed by atoms with Crippen molar-refractivity contribution in [2.24, 2.45) is 0 Å². The van der Waals surface area contributed by atoms with Crippen LogP contribution in [0, 0.1) is 0 Å². The van der Waals surface area contributed by atoms with Crippen LogP contribution in [0.2, 0.25) is 0 Å². The molecule has 0 atom stereocenters. The van der Waals surface area contributed by atoms with Crippen LogP contribution in [0.25, 0.3) is 0 Å². The van der Waals surface area contributed by atoms with E-state index < -0.39 is 9.84 Å². The molecular formula is C14H18N2O2S2. The summed E-state index contributed by atoms with van der Waals surface area (Å²) in [5.41, 5.74) is 0. The number of hydrogen-bond donors (Lipinski definition) is 1. The molecule has 20 heavy (non-hydrogen) atoms. The molecule has 4 nitrogen and oxygen atoms in total. The number of thiazole rings is 1. The molecule has 0 aliphatic carbocycles. The van der Waals surface area contributed by atoms with E-state index in [9.17, 15) is 8.42 Å². The number of rotatable bonds is 6. The first-order valence-electron chi connectivity index (χ1n) is 6.42. The molecule has 6 heteroatoms. The monoisotopic (exact) mass is 310 g/mol. The number of aromatic nitrogens is 1. The average Bonchev–Trinajstić information content (AvgIpc) is 2.84. The van der Waals surface area contributed by atoms with Crippen LogP contribution in [0.3, 0.4) is 0 Å². The lowest BCUT2D eigenvalue weighted by Gasteiger charge is -2.04. The molecule has 0 amide bonds. The van der Waals surface area contributed by atoms with Gasteiger partial charge in [-0.25, -0.2) is 13.4 Å². The molecule has 0 bridgehead atoms. The van der Waals surface area contributed by atoms with Crippen LogP contribution in [-0.2, 0) is 22.1 Å². The Morgan fingerprint density at radius 1 is 1.25 bits per heavy atom. The van der Waals surface area contributed by atoms with Gasteiger partial charge in [-0.15, -0.1) is 11.3 Å². The number of nitrogens with one attached hydrogen (secondary N) is 1. The zero-order chi connectivity index (χ0) is 14.6. The highest BCUT2D eigenvalue weighted by Gasteiger charge is 2.17. The molecule has 1 heterocycles. The number of sulfone groups is 1. The van der Waals surface area contributed by atoms with Crippen molar-refractivity contribution >= 4 is 21.2 Å². The van der Waals surface area contributed by atoms with E-state index in [-0.39, 0.29) is 5.75 Å². The largest absolute Gasteiger partial charge is 0.310 e. The van der Waals surface area contributed by atoms with Crippen molar-refractivity contribution in [2.45, 2.75) is 37.1 Å². The van der Waals surface area contributed by atoms with Crippen molar-refractivity contribution < 1.29 is 8.42 Å². The van der Waals surface area contributed by atoms with Crippen LogP contribution < -0.4 is 5.32 Å². The van der Waals surface area contributed by atoms with E-state index in [4.69, 9.17) is 0 Å². The highest BCUT2D eigenvalue weighted by atomic mass is 32.2. The second-order valence-electron chi connectivity index (χ2n) is 4.83. The molecule has 0 spiro atoms. The third-order valence-electron chi connectivity index (χ3n) is 2.70. The maximum absolute atomic E-state index is 12.2. The Hall–Kier alpha value is -1.24. The van der Waals surface area contributed by atoms with Crippen LogP contribution in [0.15, 0.2) is 41.4 Å². The van der Waals surface area contributed by atoms with E-state index in [1.165, 1.54) is 11.3 Å². The molecule has 0 aliphatic heterocycles. The van der Waals surface area contributed by atoms with Crippen LogP contribution >= 0.6 is 11.3 Å². The smallest absolute Gasteiger partial charge is 0.184 e.